The van der Waals surface area contributed by atoms with Gasteiger partial charge in [-0.05, 0) is 37.0 Å². The number of benzene rings is 1. The van der Waals surface area contributed by atoms with Crippen molar-refractivity contribution < 1.29 is 0 Å². The van der Waals surface area contributed by atoms with Gasteiger partial charge in [0.05, 0.1) is 11.4 Å². The first kappa shape index (κ1) is 11.5. The van der Waals surface area contributed by atoms with Crippen LogP contribution in [-0.2, 0) is 5.54 Å². The minimum absolute atomic E-state index is 0.118. The molecule has 2 nitrogen and oxygen atoms in total. The summed E-state index contributed by atoms with van der Waals surface area (Å²) in [6, 6.07) is 7.98. The number of hydrogen-bond donors (Lipinski definition) is 1. The molecule has 0 aromatic heterocycles. The summed E-state index contributed by atoms with van der Waals surface area (Å²) >= 11 is 5.91. The molecule has 1 aliphatic heterocycles. The first-order valence-electron chi connectivity index (χ1n) is 5.76. The van der Waals surface area contributed by atoms with Crippen molar-refractivity contribution in [3.8, 4) is 0 Å². The lowest BCUT2D eigenvalue weighted by molar-refractivity contribution is 0.372. The average molecular weight is 237 g/mol. The van der Waals surface area contributed by atoms with E-state index in [2.05, 4.69) is 24.0 Å². The summed E-state index contributed by atoms with van der Waals surface area (Å²) < 4.78 is 0. The zero-order chi connectivity index (χ0) is 11.6. The second-order valence-electron chi connectivity index (χ2n) is 4.35. The molecule has 0 aliphatic carbocycles. The quantitative estimate of drug-likeness (QED) is 0.839. The lowest BCUT2D eigenvalue weighted by Crippen LogP contribution is -2.31. The highest BCUT2D eigenvalue weighted by Gasteiger charge is 2.32. The predicted molar refractivity (Wildman–Crippen MR) is 68.9 cm³/mol. The summed E-state index contributed by atoms with van der Waals surface area (Å²) in [6.45, 7) is 2.16. The zero-order valence-electron chi connectivity index (χ0n) is 9.54. The first-order chi connectivity index (χ1) is 7.66. The van der Waals surface area contributed by atoms with Crippen molar-refractivity contribution in [3.05, 3.63) is 34.9 Å². The topological polar surface area (TPSA) is 38.4 Å². The van der Waals surface area contributed by atoms with Gasteiger partial charge in [-0.1, -0.05) is 30.7 Å². The van der Waals surface area contributed by atoms with E-state index in [0.717, 1.165) is 36.5 Å². The maximum atomic E-state index is 5.91. The minimum Gasteiger partial charge on any atom is -0.387 e. The van der Waals surface area contributed by atoms with E-state index in [-0.39, 0.29) is 5.54 Å². The van der Waals surface area contributed by atoms with Crippen LogP contribution in [0, 0.1) is 0 Å². The van der Waals surface area contributed by atoms with Gasteiger partial charge in [-0.25, -0.2) is 0 Å². The number of aliphatic imine (C=N–C) groups is 1. The van der Waals surface area contributed by atoms with Gasteiger partial charge >= 0.3 is 0 Å². The highest BCUT2D eigenvalue weighted by Crippen LogP contribution is 2.38. The number of nitrogens with zero attached hydrogens (tertiary/aromatic N) is 1. The van der Waals surface area contributed by atoms with Crippen LogP contribution in [0.3, 0.4) is 0 Å². The van der Waals surface area contributed by atoms with Crippen LogP contribution in [0.5, 0.6) is 0 Å². The average Bonchev–Trinajstić information content (AvgIpc) is 2.29. The predicted octanol–water partition coefficient (Wildman–Crippen LogP) is 3.49. The fourth-order valence-electron chi connectivity index (χ4n) is 2.38. The van der Waals surface area contributed by atoms with E-state index >= 15 is 0 Å². The van der Waals surface area contributed by atoms with Gasteiger partial charge in [-0.2, -0.15) is 0 Å². The molecule has 2 rings (SSSR count). The molecular weight excluding hydrogens is 220 g/mol. The van der Waals surface area contributed by atoms with E-state index in [1.54, 1.807) is 0 Å². The van der Waals surface area contributed by atoms with Crippen LogP contribution in [0.25, 0.3) is 0 Å². The number of nitrogens with two attached hydrogens (primary N) is 1. The van der Waals surface area contributed by atoms with Gasteiger partial charge in [-0.3, -0.25) is 4.99 Å². The summed E-state index contributed by atoms with van der Waals surface area (Å²) in [5.41, 5.74) is 6.98. The Morgan fingerprint density at radius 1 is 1.38 bits per heavy atom. The summed E-state index contributed by atoms with van der Waals surface area (Å²) in [5.74, 6) is 0.781. The van der Waals surface area contributed by atoms with Gasteiger partial charge in [0, 0.05) is 11.4 Å². The Labute approximate surface area is 102 Å². The van der Waals surface area contributed by atoms with E-state index in [4.69, 9.17) is 17.3 Å². The highest BCUT2D eigenvalue weighted by molar-refractivity contribution is 6.30. The molecule has 16 heavy (non-hydrogen) atoms. The molecule has 1 unspecified atom stereocenters. The van der Waals surface area contributed by atoms with Gasteiger partial charge in [-0.15, -0.1) is 0 Å². The molecule has 0 amide bonds. The second kappa shape index (κ2) is 4.46. The molecule has 1 aromatic carbocycles. The summed E-state index contributed by atoms with van der Waals surface area (Å²) in [5, 5.41) is 0.766. The fourth-order valence-corrected chi connectivity index (χ4v) is 2.50. The van der Waals surface area contributed by atoms with Crippen molar-refractivity contribution in [1.82, 2.24) is 0 Å². The van der Waals surface area contributed by atoms with Gasteiger partial charge in [0.2, 0.25) is 0 Å². The Balaban J connectivity index is 2.41. The molecule has 3 heteroatoms. The molecule has 0 fully saturated rings. The van der Waals surface area contributed by atoms with Crippen LogP contribution in [0.2, 0.25) is 5.02 Å². The normalized spacial score (nSPS) is 25.2. The van der Waals surface area contributed by atoms with Crippen LogP contribution < -0.4 is 5.73 Å². The van der Waals surface area contributed by atoms with Crippen molar-refractivity contribution in [2.24, 2.45) is 10.7 Å². The van der Waals surface area contributed by atoms with Crippen molar-refractivity contribution in [2.75, 3.05) is 0 Å². The third-order valence-corrected chi connectivity index (χ3v) is 3.60. The third kappa shape index (κ3) is 2.07. The summed E-state index contributed by atoms with van der Waals surface area (Å²) in [6.07, 6.45) is 4.10. The van der Waals surface area contributed by atoms with Gasteiger partial charge < -0.3 is 5.73 Å². The second-order valence-corrected chi connectivity index (χ2v) is 4.79. The zero-order valence-corrected chi connectivity index (χ0v) is 10.3. The standard InChI is InChI=1S/C13H17ClN2/c1-2-13(9-3-4-12(15)16-13)10-5-7-11(14)8-6-10/h5-8H,2-4,9H2,1H3,(H2,15,16). The lowest BCUT2D eigenvalue weighted by Gasteiger charge is -2.33. The molecule has 1 aliphatic rings. The van der Waals surface area contributed by atoms with Gasteiger partial charge in [0.1, 0.15) is 0 Å². The van der Waals surface area contributed by atoms with Crippen molar-refractivity contribution >= 4 is 17.4 Å². The van der Waals surface area contributed by atoms with E-state index in [0.29, 0.717) is 0 Å². The number of hydrogen-bond acceptors (Lipinski definition) is 2. The molecule has 86 valence electrons. The van der Waals surface area contributed by atoms with E-state index in [1.807, 2.05) is 12.1 Å². The Bertz CT molecular complexity index is 397. The molecule has 0 spiro atoms. The van der Waals surface area contributed by atoms with Crippen LogP contribution >= 0.6 is 11.6 Å². The Morgan fingerprint density at radius 3 is 2.62 bits per heavy atom. The molecule has 0 saturated heterocycles. The smallest absolute Gasteiger partial charge is 0.0948 e. The molecule has 0 radical (unpaired) electrons. The number of rotatable bonds is 2. The lowest BCUT2D eigenvalue weighted by atomic mass is 9.81. The van der Waals surface area contributed by atoms with Gasteiger partial charge in [0.15, 0.2) is 0 Å². The third-order valence-electron chi connectivity index (χ3n) is 3.35. The molecule has 0 saturated carbocycles. The molecule has 0 bridgehead atoms. The molecule has 1 heterocycles. The van der Waals surface area contributed by atoms with E-state index in [9.17, 15) is 0 Å². The van der Waals surface area contributed by atoms with E-state index < -0.39 is 0 Å². The fraction of sp³-hybridized carbons (Fsp3) is 0.462. The molecule has 1 aromatic rings. The molecular formula is C13H17ClN2. The van der Waals surface area contributed by atoms with Crippen LogP contribution in [0.15, 0.2) is 29.3 Å². The van der Waals surface area contributed by atoms with Crippen LogP contribution in [0.1, 0.15) is 38.2 Å². The summed E-state index contributed by atoms with van der Waals surface area (Å²) in [7, 11) is 0. The molecule has 1 atom stereocenters. The maximum absolute atomic E-state index is 5.91. The van der Waals surface area contributed by atoms with E-state index in [1.165, 1.54) is 5.56 Å². The highest BCUT2D eigenvalue weighted by atomic mass is 35.5. The minimum atomic E-state index is -0.118. The van der Waals surface area contributed by atoms with Crippen molar-refractivity contribution in [3.63, 3.8) is 0 Å². The maximum Gasteiger partial charge on any atom is 0.0948 e. The van der Waals surface area contributed by atoms with Crippen LogP contribution in [0.4, 0.5) is 0 Å². The monoisotopic (exact) mass is 236 g/mol. The Morgan fingerprint density at radius 2 is 2.06 bits per heavy atom. The SMILES string of the molecule is CCC1(c2ccc(Cl)cc2)CCCC(N)=N1. The largest absolute Gasteiger partial charge is 0.387 e. The Kier molecular flexibility index (Phi) is 3.20. The number of amidine groups is 1. The van der Waals surface area contributed by atoms with Crippen molar-refractivity contribution in [2.45, 2.75) is 38.1 Å². The first-order valence-corrected chi connectivity index (χ1v) is 6.14. The number of halogens is 1. The van der Waals surface area contributed by atoms with Gasteiger partial charge in [0.25, 0.3) is 0 Å². The Hall–Kier alpha value is -1.02. The van der Waals surface area contributed by atoms with Crippen molar-refractivity contribution in [1.29, 1.82) is 0 Å². The molecule has 2 N–H and O–H groups in total. The van der Waals surface area contributed by atoms with Crippen LogP contribution in [-0.4, -0.2) is 5.84 Å². The summed E-state index contributed by atoms with van der Waals surface area (Å²) in [4.78, 5) is 4.68.